The summed E-state index contributed by atoms with van der Waals surface area (Å²) in [6.07, 6.45) is 0.767. The first kappa shape index (κ1) is 20.7. The van der Waals surface area contributed by atoms with Crippen molar-refractivity contribution in [1.82, 2.24) is 5.32 Å². The number of methoxy groups -OCH3 is 1. The van der Waals surface area contributed by atoms with Gasteiger partial charge in [-0.15, -0.1) is 12.4 Å². The number of carbonyl (C=O) groups is 2. The van der Waals surface area contributed by atoms with Crippen LogP contribution in [0.1, 0.15) is 11.1 Å². The summed E-state index contributed by atoms with van der Waals surface area (Å²) in [5, 5.41) is 2.70. The highest BCUT2D eigenvalue weighted by Gasteiger charge is 2.24. The SMILES string of the molecule is COC(=O)[C@@H](Cc1ccccc1)NC(=O)[C@H](N)Cc1ccccc1.Cl. The number of nitrogens with one attached hydrogen (secondary N) is 1. The maximum atomic E-state index is 12.3. The van der Waals surface area contributed by atoms with Crippen LogP contribution in [0.4, 0.5) is 0 Å². The van der Waals surface area contributed by atoms with Gasteiger partial charge in [0.1, 0.15) is 6.04 Å². The predicted octanol–water partition coefficient (Wildman–Crippen LogP) is 1.88. The van der Waals surface area contributed by atoms with Gasteiger partial charge in [-0.2, -0.15) is 0 Å². The Morgan fingerprint density at radius 2 is 1.44 bits per heavy atom. The van der Waals surface area contributed by atoms with E-state index < -0.39 is 18.1 Å². The molecule has 2 aromatic rings. The fraction of sp³-hybridized carbons (Fsp3) is 0.263. The number of rotatable bonds is 7. The topological polar surface area (TPSA) is 81.4 Å². The van der Waals surface area contributed by atoms with E-state index in [-0.39, 0.29) is 18.3 Å². The molecule has 1 amide bonds. The van der Waals surface area contributed by atoms with Gasteiger partial charge in [0, 0.05) is 6.42 Å². The summed E-state index contributed by atoms with van der Waals surface area (Å²) in [5.74, 6) is -0.857. The molecule has 0 spiro atoms. The van der Waals surface area contributed by atoms with Crippen molar-refractivity contribution in [2.75, 3.05) is 7.11 Å². The molecule has 25 heavy (non-hydrogen) atoms. The van der Waals surface area contributed by atoms with Gasteiger partial charge in [-0.1, -0.05) is 60.7 Å². The molecule has 2 rings (SSSR count). The second-order valence-electron chi connectivity index (χ2n) is 5.57. The van der Waals surface area contributed by atoms with E-state index >= 15 is 0 Å². The largest absolute Gasteiger partial charge is 0.467 e. The number of hydrogen-bond acceptors (Lipinski definition) is 4. The summed E-state index contributed by atoms with van der Waals surface area (Å²) < 4.78 is 4.79. The van der Waals surface area contributed by atoms with Crippen LogP contribution in [0.3, 0.4) is 0 Å². The maximum absolute atomic E-state index is 12.3. The van der Waals surface area contributed by atoms with E-state index in [0.717, 1.165) is 11.1 Å². The predicted molar refractivity (Wildman–Crippen MR) is 99.5 cm³/mol. The standard InChI is InChI=1S/C19H22N2O3.ClH/c1-24-19(23)17(13-15-10-6-3-7-11-15)21-18(22)16(20)12-14-8-4-2-5-9-14;/h2-11,16-17H,12-13,20H2,1H3,(H,21,22);1H/t16-,17-;/m1./s1. The van der Waals surface area contributed by atoms with Crippen molar-refractivity contribution in [3.63, 3.8) is 0 Å². The molecule has 3 N–H and O–H groups in total. The van der Waals surface area contributed by atoms with Crippen molar-refractivity contribution < 1.29 is 14.3 Å². The van der Waals surface area contributed by atoms with Gasteiger partial charge in [-0.05, 0) is 17.5 Å². The van der Waals surface area contributed by atoms with Gasteiger partial charge in [-0.3, -0.25) is 4.79 Å². The molecule has 0 radical (unpaired) electrons. The molecule has 0 aromatic heterocycles. The van der Waals surface area contributed by atoms with E-state index in [1.807, 2.05) is 60.7 Å². The number of hydrogen-bond donors (Lipinski definition) is 2. The highest BCUT2D eigenvalue weighted by molar-refractivity contribution is 5.87. The van der Waals surface area contributed by atoms with Crippen LogP contribution >= 0.6 is 12.4 Å². The Hall–Kier alpha value is -2.37. The second kappa shape index (κ2) is 10.5. The number of esters is 1. The molecule has 0 aliphatic rings. The number of nitrogens with two attached hydrogens (primary N) is 1. The van der Waals surface area contributed by atoms with Gasteiger partial charge in [0.2, 0.25) is 5.91 Å². The van der Waals surface area contributed by atoms with Crippen LogP contribution in [0, 0.1) is 0 Å². The zero-order chi connectivity index (χ0) is 17.4. The van der Waals surface area contributed by atoms with Gasteiger partial charge in [0.15, 0.2) is 0 Å². The van der Waals surface area contributed by atoms with Crippen LogP contribution in [-0.2, 0) is 27.2 Å². The number of halogens is 1. The zero-order valence-electron chi connectivity index (χ0n) is 14.1. The monoisotopic (exact) mass is 362 g/mol. The Balaban J connectivity index is 0.00000312. The quantitative estimate of drug-likeness (QED) is 0.737. The van der Waals surface area contributed by atoms with Gasteiger partial charge >= 0.3 is 5.97 Å². The summed E-state index contributed by atoms with van der Waals surface area (Å²) in [5.41, 5.74) is 7.87. The smallest absolute Gasteiger partial charge is 0.328 e. The molecule has 0 unspecified atom stereocenters. The first-order valence-electron chi connectivity index (χ1n) is 7.81. The molecule has 0 fully saturated rings. The van der Waals surface area contributed by atoms with Crippen molar-refractivity contribution in [3.8, 4) is 0 Å². The third kappa shape index (κ3) is 6.57. The highest BCUT2D eigenvalue weighted by atomic mass is 35.5. The van der Waals surface area contributed by atoms with Crippen molar-refractivity contribution in [3.05, 3.63) is 71.8 Å². The van der Waals surface area contributed by atoms with E-state index in [4.69, 9.17) is 10.5 Å². The average Bonchev–Trinajstić information content (AvgIpc) is 2.62. The van der Waals surface area contributed by atoms with Crippen LogP contribution in [-0.4, -0.2) is 31.1 Å². The Morgan fingerprint density at radius 1 is 0.960 bits per heavy atom. The minimum Gasteiger partial charge on any atom is -0.467 e. The molecule has 0 heterocycles. The lowest BCUT2D eigenvalue weighted by Crippen LogP contribution is -2.50. The molecule has 6 heteroatoms. The summed E-state index contributed by atoms with van der Waals surface area (Å²) in [6, 6.07) is 17.5. The second-order valence-corrected chi connectivity index (χ2v) is 5.57. The summed E-state index contributed by atoms with van der Waals surface area (Å²) in [7, 11) is 1.30. The summed E-state index contributed by atoms with van der Waals surface area (Å²) in [4.78, 5) is 24.3. The molecular weight excluding hydrogens is 340 g/mol. The number of ether oxygens (including phenoxy) is 1. The molecule has 5 nitrogen and oxygen atoms in total. The van der Waals surface area contributed by atoms with E-state index in [0.29, 0.717) is 12.8 Å². The first-order chi connectivity index (χ1) is 11.6. The lowest BCUT2D eigenvalue weighted by atomic mass is 10.0. The molecule has 0 saturated carbocycles. The number of amides is 1. The Labute approximate surface area is 154 Å². The van der Waals surface area contributed by atoms with Gasteiger partial charge in [0.25, 0.3) is 0 Å². The molecule has 134 valence electrons. The van der Waals surface area contributed by atoms with Gasteiger partial charge < -0.3 is 15.8 Å². The zero-order valence-corrected chi connectivity index (χ0v) is 14.9. The third-order valence-electron chi connectivity index (χ3n) is 3.72. The van der Waals surface area contributed by atoms with Crippen molar-refractivity contribution in [2.24, 2.45) is 5.73 Å². The van der Waals surface area contributed by atoms with Crippen LogP contribution in [0.15, 0.2) is 60.7 Å². The molecule has 0 saturated heterocycles. The van der Waals surface area contributed by atoms with E-state index in [1.54, 1.807) is 0 Å². The van der Waals surface area contributed by atoms with Gasteiger partial charge in [0.05, 0.1) is 13.2 Å². The summed E-state index contributed by atoms with van der Waals surface area (Å²) in [6.45, 7) is 0. The molecule has 0 aliphatic heterocycles. The van der Waals surface area contributed by atoms with Crippen LogP contribution in [0.2, 0.25) is 0 Å². The number of benzene rings is 2. The van der Waals surface area contributed by atoms with E-state index in [1.165, 1.54) is 7.11 Å². The van der Waals surface area contributed by atoms with Crippen molar-refractivity contribution in [2.45, 2.75) is 24.9 Å². The van der Waals surface area contributed by atoms with Crippen LogP contribution in [0.25, 0.3) is 0 Å². The van der Waals surface area contributed by atoms with Gasteiger partial charge in [-0.25, -0.2) is 4.79 Å². The normalized spacial score (nSPS) is 12.4. The lowest BCUT2D eigenvalue weighted by Gasteiger charge is -2.19. The Bertz CT molecular complexity index is 665. The van der Waals surface area contributed by atoms with Crippen molar-refractivity contribution >= 4 is 24.3 Å². The summed E-state index contributed by atoms with van der Waals surface area (Å²) >= 11 is 0. The van der Waals surface area contributed by atoms with E-state index in [2.05, 4.69) is 5.32 Å². The highest BCUT2D eigenvalue weighted by Crippen LogP contribution is 2.06. The lowest BCUT2D eigenvalue weighted by molar-refractivity contribution is -0.145. The minimum atomic E-state index is -0.758. The molecule has 0 bridgehead atoms. The fourth-order valence-electron chi connectivity index (χ4n) is 2.42. The molecule has 2 aromatic carbocycles. The van der Waals surface area contributed by atoms with E-state index in [9.17, 15) is 9.59 Å². The first-order valence-corrected chi connectivity index (χ1v) is 7.81. The maximum Gasteiger partial charge on any atom is 0.328 e. The van der Waals surface area contributed by atoms with Crippen LogP contribution < -0.4 is 11.1 Å². The Morgan fingerprint density at radius 3 is 1.92 bits per heavy atom. The fourth-order valence-corrected chi connectivity index (χ4v) is 2.42. The van der Waals surface area contributed by atoms with Crippen molar-refractivity contribution in [1.29, 1.82) is 0 Å². The third-order valence-corrected chi connectivity index (χ3v) is 3.72. The van der Waals surface area contributed by atoms with Crippen LogP contribution in [0.5, 0.6) is 0 Å². The molecule has 0 aliphatic carbocycles. The Kier molecular flexibility index (Phi) is 8.67. The average molecular weight is 363 g/mol. The molecular formula is C19H23ClN2O3. The number of carbonyl (C=O) groups excluding carboxylic acids is 2. The minimum absolute atomic E-state index is 0. The molecule has 2 atom stereocenters.